The fraction of sp³-hybridized carbons (Fsp3) is 0. The zero-order valence-corrected chi connectivity index (χ0v) is 10.0. The van der Waals surface area contributed by atoms with Crippen LogP contribution < -0.4 is 5.32 Å². The molecular weight excluding hydrogens is 245 g/mol. The van der Waals surface area contributed by atoms with Crippen molar-refractivity contribution >= 4 is 30.5 Å². The molecule has 0 atom stereocenters. The number of rotatable bonds is 1. The molecule has 1 nitrogen and oxygen atoms in total. The van der Waals surface area contributed by atoms with Crippen LogP contribution in [0.5, 0.6) is 0 Å². The van der Waals surface area contributed by atoms with Crippen molar-refractivity contribution < 1.29 is 0 Å². The predicted molar refractivity (Wildman–Crippen MR) is 66.1 cm³/mol. The molecule has 0 fully saturated rings. The van der Waals surface area contributed by atoms with Crippen LogP contribution in [-0.4, -0.2) is 19.7 Å². The van der Waals surface area contributed by atoms with Crippen LogP contribution in [0.4, 0.5) is 0 Å². The average molecular weight is 255 g/mol. The minimum atomic E-state index is 0.190. The van der Waals surface area contributed by atoms with E-state index in [0.29, 0.717) is 0 Å². The molecule has 0 saturated carbocycles. The Morgan fingerprint density at radius 2 is 1.80 bits per heavy atom. The fourth-order valence-corrected chi connectivity index (χ4v) is 3.48. The molecule has 0 saturated heterocycles. The summed E-state index contributed by atoms with van der Waals surface area (Å²) in [5.74, 6) is 0. The number of hydrogen-bond acceptors (Lipinski definition) is 1. The molecule has 1 heterocycles. The van der Waals surface area contributed by atoms with E-state index >= 15 is 0 Å². The number of benzene rings is 2. The second-order valence-corrected chi connectivity index (χ2v) is 5.57. The standard InChI is InChI=1S/C13H10AsN/c1-2-6-11-10(4-1)5-3-7-12(11)13-14-8-9-15-13/h1-9,15H. The zero-order valence-electron chi connectivity index (χ0n) is 8.14. The van der Waals surface area contributed by atoms with E-state index in [2.05, 4.69) is 58.8 Å². The van der Waals surface area contributed by atoms with Gasteiger partial charge in [-0.05, 0) is 0 Å². The Morgan fingerprint density at radius 3 is 2.67 bits per heavy atom. The van der Waals surface area contributed by atoms with E-state index in [4.69, 9.17) is 0 Å². The van der Waals surface area contributed by atoms with Gasteiger partial charge in [-0.3, -0.25) is 0 Å². The van der Waals surface area contributed by atoms with Crippen LogP contribution in [0.1, 0.15) is 5.56 Å². The van der Waals surface area contributed by atoms with Gasteiger partial charge in [-0.15, -0.1) is 0 Å². The van der Waals surface area contributed by atoms with Gasteiger partial charge >= 0.3 is 94.9 Å². The Labute approximate surface area is 95.0 Å². The summed E-state index contributed by atoms with van der Waals surface area (Å²) in [6.45, 7) is 0. The molecule has 1 aliphatic heterocycles. The van der Waals surface area contributed by atoms with E-state index in [1.807, 2.05) is 0 Å². The van der Waals surface area contributed by atoms with Crippen molar-refractivity contribution in [1.82, 2.24) is 5.32 Å². The van der Waals surface area contributed by atoms with Crippen LogP contribution in [0.25, 0.3) is 10.8 Å². The zero-order chi connectivity index (χ0) is 10.1. The molecule has 1 N–H and O–H groups in total. The second-order valence-electron chi connectivity index (χ2n) is 3.46. The van der Waals surface area contributed by atoms with E-state index in [-0.39, 0.29) is 15.3 Å². The van der Waals surface area contributed by atoms with Crippen molar-refractivity contribution in [2.24, 2.45) is 0 Å². The molecule has 72 valence electrons. The topological polar surface area (TPSA) is 12.0 Å². The van der Waals surface area contributed by atoms with Crippen LogP contribution in [0.2, 0.25) is 0 Å². The van der Waals surface area contributed by atoms with Crippen LogP contribution in [0, 0.1) is 0 Å². The quantitative estimate of drug-likeness (QED) is 0.769. The van der Waals surface area contributed by atoms with Gasteiger partial charge in [0.05, 0.1) is 0 Å². The molecule has 0 aliphatic carbocycles. The third-order valence-electron chi connectivity index (χ3n) is 2.54. The van der Waals surface area contributed by atoms with Gasteiger partial charge in [-0.1, -0.05) is 0 Å². The third-order valence-corrected chi connectivity index (χ3v) is 4.49. The fourth-order valence-electron chi connectivity index (χ4n) is 1.84. The summed E-state index contributed by atoms with van der Waals surface area (Å²) in [4.78, 5) is 2.24. The van der Waals surface area contributed by atoms with Gasteiger partial charge < -0.3 is 0 Å². The molecule has 0 aromatic heterocycles. The first-order chi connectivity index (χ1) is 7.45. The molecule has 0 radical (unpaired) electrons. The second kappa shape index (κ2) is 3.67. The summed E-state index contributed by atoms with van der Waals surface area (Å²) < 4.78 is 1.39. The van der Waals surface area contributed by atoms with Crippen LogP contribution in [-0.2, 0) is 0 Å². The van der Waals surface area contributed by atoms with Crippen LogP contribution >= 0.6 is 0 Å². The summed E-state index contributed by atoms with van der Waals surface area (Å²) >= 11 is 0.190. The van der Waals surface area contributed by atoms with E-state index in [1.54, 1.807) is 0 Å². The minimum absolute atomic E-state index is 0.190. The predicted octanol–water partition coefficient (Wildman–Crippen LogP) is 2.10. The van der Waals surface area contributed by atoms with Crippen molar-refractivity contribution in [1.29, 1.82) is 0 Å². The molecular formula is C13H10AsN. The van der Waals surface area contributed by atoms with Crippen molar-refractivity contribution in [3.63, 3.8) is 0 Å². The molecule has 2 aromatic carbocycles. The third kappa shape index (κ3) is 1.53. The molecule has 2 heteroatoms. The summed E-state index contributed by atoms with van der Waals surface area (Å²) in [5.41, 5.74) is 1.36. The summed E-state index contributed by atoms with van der Waals surface area (Å²) in [6.07, 6.45) is 2.05. The molecule has 2 aromatic rings. The number of fused-ring (bicyclic) bond motifs is 1. The van der Waals surface area contributed by atoms with E-state index in [0.717, 1.165) is 0 Å². The average Bonchev–Trinajstić information content (AvgIpc) is 2.82. The molecule has 0 spiro atoms. The first-order valence-electron chi connectivity index (χ1n) is 4.93. The van der Waals surface area contributed by atoms with Crippen LogP contribution in [0.15, 0.2) is 53.5 Å². The first-order valence-corrected chi connectivity index (χ1v) is 6.95. The molecule has 3 rings (SSSR count). The van der Waals surface area contributed by atoms with Gasteiger partial charge in [0.25, 0.3) is 0 Å². The normalized spacial score (nSPS) is 15.1. The van der Waals surface area contributed by atoms with Crippen molar-refractivity contribution in [3.05, 3.63) is 59.1 Å². The Hall–Kier alpha value is -1.33. The summed E-state index contributed by atoms with van der Waals surface area (Å²) in [5, 5.41) is 6.01. The van der Waals surface area contributed by atoms with Gasteiger partial charge in [0.1, 0.15) is 0 Å². The monoisotopic (exact) mass is 255 g/mol. The maximum atomic E-state index is 3.34. The van der Waals surface area contributed by atoms with Gasteiger partial charge in [0, 0.05) is 0 Å². The molecule has 1 aliphatic rings. The number of nitrogens with one attached hydrogen (secondary N) is 1. The van der Waals surface area contributed by atoms with Crippen molar-refractivity contribution in [3.8, 4) is 0 Å². The SMILES string of the molecule is C1=C[As]=C(c2cccc3ccccc23)N1. The van der Waals surface area contributed by atoms with Crippen molar-refractivity contribution in [2.75, 3.05) is 0 Å². The Bertz CT molecular complexity index is 564. The number of hydrogen-bond donors (Lipinski definition) is 1. The van der Waals surface area contributed by atoms with E-state index < -0.39 is 0 Å². The molecule has 0 bridgehead atoms. The maximum absolute atomic E-state index is 3.34. The van der Waals surface area contributed by atoms with Crippen LogP contribution in [0.3, 0.4) is 0 Å². The van der Waals surface area contributed by atoms with E-state index in [9.17, 15) is 0 Å². The summed E-state index contributed by atoms with van der Waals surface area (Å²) in [7, 11) is 0. The summed E-state index contributed by atoms with van der Waals surface area (Å²) in [6, 6.07) is 15.0. The van der Waals surface area contributed by atoms with Gasteiger partial charge in [-0.25, -0.2) is 0 Å². The Kier molecular flexibility index (Phi) is 2.19. The van der Waals surface area contributed by atoms with Gasteiger partial charge in [0.15, 0.2) is 0 Å². The van der Waals surface area contributed by atoms with Gasteiger partial charge in [-0.2, -0.15) is 0 Å². The Balaban J connectivity index is 2.26. The van der Waals surface area contributed by atoms with E-state index in [1.165, 1.54) is 20.8 Å². The van der Waals surface area contributed by atoms with Gasteiger partial charge in [0.2, 0.25) is 0 Å². The Morgan fingerprint density at radius 1 is 0.933 bits per heavy atom. The first kappa shape index (κ1) is 8.94. The van der Waals surface area contributed by atoms with Crippen molar-refractivity contribution in [2.45, 2.75) is 0 Å². The molecule has 15 heavy (non-hydrogen) atoms. The molecule has 0 amide bonds. The molecule has 0 unspecified atom stereocenters.